The van der Waals surface area contributed by atoms with E-state index in [9.17, 15) is 23.7 Å². The first-order valence-corrected chi connectivity index (χ1v) is 27.2. The number of anilines is 6. The third-order valence-corrected chi connectivity index (χ3v) is 16.0. The first-order chi connectivity index (χ1) is 34.2. The third-order valence-electron chi connectivity index (χ3n) is 13.9. The third kappa shape index (κ3) is 9.93. The zero-order valence-electron chi connectivity index (χ0n) is 40.0. The molecule has 4 aliphatic rings. The highest BCUT2D eigenvalue weighted by Gasteiger charge is 2.45. The minimum atomic E-state index is -2.72. The van der Waals surface area contributed by atoms with Crippen LogP contribution in [0.2, 0.25) is 0 Å². The summed E-state index contributed by atoms with van der Waals surface area (Å²) in [6.07, 6.45) is 7.75. The van der Waals surface area contributed by atoms with Crippen LogP contribution in [0.25, 0.3) is 22.3 Å². The largest absolute Gasteiger partial charge is 0.494 e. The number of aromatic nitrogens is 4. The van der Waals surface area contributed by atoms with Crippen molar-refractivity contribution < 1.29 is 28.5 Å². The highest BCUT2D eigenvalue weighted by Crippen LogP contribution is 2.43. The van der Waals surface area contributed by atoms with Crippen molar-refractivity contribution in [3.05, 3.63) is 113 Å². The van der Waals surface area contributed by atoms with Crippen LogP contribution in [0.4, 0.5) is 34.5 Å². The molecule has 0 bridgehead atoms. The molecule has 3 fully saturated rings. The number of halogens is 1. The number of rotatable bonds is 13. The Bertz CT molecular complexity index is 3110. The fraction of sp³-hybridized carbons (Fsp3) is 0.327. The number of fused-ring (bicyclic) bond motifs is 1. The molecule has 366 valence electrons. The summed E-state index contributed by atoms with van der Waals surface area (Å²) in [5.41, 5.74) is 7.87. The summed E-state index contributed by atoms with van der Waals surface area (Å²) < 4.78 is 22.1. The number of benzene rings is 4. The molecule has 3 saturated heterocycles. The molecule has 4 amide bonds. The molecule has 0 radical (unpaired) electrons. The minimum absolute atomic E-state index is 0.0835. The topological polar surface area (TPSA) is 187 Å². The maximum absolute atomic E-state index is 13.7. The maximum atomic E-state index is 13.7. The molecule has 3 N–H and O–H groups in total. The normalized spacial score (nSPS) is 17.9. The molecule has 0 spiro atoms. The van der Waals surface area contributed by atoms with Gasteiger partial charge in [0.25, 0.3) is 11.8 Å². The Morgan fingerprint density at radius 3 is 2.24 bits per heavy atom. The number of hydrogen-bond acceptors (Lipinski definition) is 14. The van der Waals surface area contributed by atoms with Gasteiger partial charge in [-0.25, -0.2) is 4.98 Å². The van der Waals surface area contributed by atoms with Gasteiger partial charge in [-0.1, -0.05) is 36.4 Å². The summed E-state index contributed by atoms with van der Waals surface area (Å²) >= 11 is 3.63. The van der Waals surface area contributed by atoms with Crippen molar-refractivity contribution in [2.75, 3.05) is 86.7 Å². The number of ether oxygens (including phenoxy) is 1. The van der Waals surface area contributed by atoms with Crippen molar-refractivity contribution in [3.8, 4) is 28.0 Å². The molecule has 0 saturated carbocycles. The predicted octanol–water partition coefficient (Wildman–Crippen LogP) is 7.49. The van der Waals surface area contributed by atoms with Crippen molar-refractivity contribution >= 4 is 86.5 Å². The minimum Gasteiger partial charge on any atom is -0.494 e. The van der Waals surface area contributed by atoms with Gasteiger partial charge in [-0.2, -0.15) is 10.1 Å². The molecule has 71 heavy (non-hydrogen) atoms. The number of hydrogen-bond donors (Lipinski definition) is 3. The lowest BCUT2D eigenvalue weighted by Gasteiger charge is -2.40. The summed E-state index contributed by atoms with van der Waals surface area (Å²) in [6, 6.07) is 24.5. The average Bonchev–Trinajstić information content (AvgIpc) is 3.91. The Kier molecular flexibility index (Phi) is 13.3. The molecule has 4 aliphatic heterocycles. The second-order valence-electron chi connectivity index (χ2n) is 19.0. The van der Waals surface area contributed by atoms with Gasteiger partial charge in [0.1, 0.15) is 24.8 Å². The number of imide groups is 2. The molecule has 4 aromatic carbocycles. The van der Waals surface area contributed by atoms with Crippen LogP contribution < -0.4 is 35.8 Å². The molecule has 0 aliphatic carbocycles. The summed E-state index contributed by atoms with van der Waals surface area (Å²) in [6.45, 7) is 9.60. The van der Waals surface area contributed by atoms with Crippen LogP contribution in [0.5, 0.6) is 5.75 Å². The second kappa shape index (κ2) is 19.7. The Balaban J connectivity index is 0.797. The van der Waals surface area contributed by atoms with Crippen LogP contribution in [0.3, 0.4) is 0 Å². The van der Waals surface area contributed by atoms with Crippen LogP contribution in [0, 0.1) is 5.92 Å². The molecular weight excluding hydrogens is 986 g/mol. The number of amides is 4. The van der Waals surface area contributed by atoms with Crippen LogP contribution in [-0.2, 0) is 21.2 Å². The van der Waals surface area contributed by atoms with E-state index < -0.39 is 36.8 Å². The fourth-order valence-corrected chi connectivity index (χ4v) is 11.6. The first kappa shape index (κ1) is 47.8. The van der Waals surface area contributed by atoms with E-state index in [1.54, 1.807) is 43.5 Å². The Hall–Kier alpha value is -6.88. The maximum Gasteiger partial charge on any atom is 0.262 e. The SMILES string of the molecule is COc1cc(N2CCN(CC3CCN(c4ccc5c(c4)C(=O)N(C4CCC(=O)NC4=O)C5=O)CC3)CC2)c(-c2cnn(C)c2)cc1Nc1ncc(Br)c(Nc2ccc(-c3ccccc3)cc2P(C)(C)=O)n1. The standard InChI is InChI=1S/C52H55BrN11O6P/c1-60-31-35(28-55-60)38-26-42(57-52-54-29-40(53)48(59-52)56-41-13-10-34(24-46(41)71(3,4)69)33-8-6-5-7-9-33)45(70-2)27-44(38)63-22-20-61(21-23-63)30-32-16-18-62(19-17-32)36-11-12-37-39(25-36)51(68)64(50(37)67)43-14-15-47(65)58-49(43)66/h5-13,24-29,31-32,43H,14-23,30H2,1-4H3,(H,58,65,66)(H2,54,56,57,59). The van der Waals surface area contributed by atoms with Crippen LogP contribution in [-0.4, -0.2) is 125 Å². The van der Waals surface area contributed by atoms with E-state index in [1.807, 2.05) is 74.0 Å². The number of piperazine rings is 1. The predicted molar refractivity (Wildman–Crippen MR) is 279 cm³/mol. The smallest absolute Gasteiger partial charge is 0.262 e. The van der Waals surface area contributed by atoms with Gasteiger partial charge >= 0.3 is 0 Å². The zero-order valence-corrected chi connectivity index (χ0v) is 42.5. The molecule has 1 atom stereocenters. The fourth-order valence-electron chi connectivity index (χ4n) is 10.1. The van der Waals surface area contributed by atoms with Gasteiger partial charge in [0.2, 0.25) is 17.8 Å². The highest BCUT2D eigenvalue weighted by atomic mass is 79.9. The lowest BCUT2D eigenvalue weighted by molar-refractivity contribution is -0.136. The Morgan fingerprint density at radius 1 is 0.775 bits per heavy atom. The zero-order chi connectivity index (χ0) is 49.6. The summed E-state index contributed by atoms with van der Waals surface area (Å²) in [5.74, 6) is -0.00456. The van der Waals surface area contributed by atoms with Crippen molar-refractivity contribution in [1.29, 1.82) is 0 Å². The van der Waals surface area contributed by atoms with Crippen molar-refractivity contribution in [2.24, 2.45) is 13.0 Å². The van der Waals surface area contributed by atoms with Crippen molar-refractivity contribution in [1.82, 2.24) is 34.9 Å². The number of carbonyl (C=O) groups excluding carboxylic acids is 4. The van der Waals surface area contributed by atoms with Crippen molar-refractivity contribution in [2.45, 2.75) is 31.7 Å². The van der Waals surface area contributed by atoms with Gasteiger partial charge in [-0.3, -0.25) is 39.0 Å². The molecule has 10 rings (SSSR count). The Labute approximate surface area is 420 Å². The average molecular weight is 1040 g/mol. The number of piperidine rings is 2. The van der Waals surface area contributed by atoms with E-state index in [2.05, 4.69) is 68.8 Å². The molecule has 17 nitrogen and oxygen atoms in total. The first-order valence-electron chi connectivity index (χ1n) is 23.8. The molecular formula is C52H55BrN11O6P. The van der Waals surface area contributed by atoms with Gasteiger partial charge in [0, 0.05) is 106 Å². The van der Waals surface area contributed by atoms with E-state index in [-0.39, 0.29) is 12.8 Å². The van der Waals surface area contributed by atoms with Gasteiger partial charge < -0.3 is 29.7 Å². The molecule has 2 aromatic heterocycles. The summed E-state index contributed by atoms with van der Waals surface area (Å²) in [4.78, 5) is 68.7. The van der Waals surface area contributed by atoms with E-state index in [0.29, 0.717) is 50.4 Å². The van der Waals surface area contributed by atoms with Gasteiger partial charge in [0.05, 0.1) is 40.3 Å². The summed E-state index contributed by atoms with van der Waals surface area (Å²) in [7, 11) is 0.847. The van der Waals surface area contributed by atoms with Crippen LogP contribution in [0.1, 0.15) is 46.4 Å². The van der Waals surface area contributed by atoms with Gasteiger partial charge in [-0.05, 0) is 102 Å². The van der Waals surface area contributed by atoms with E-state index in [4.69, 9.17) is 9.72 Å². The lowest BCUT2D eigenvalue weighted by Crippen LogP contribution is -2.54. The van der Waals surface area contributed by atoms with Crippen molar-refractivity contribution in [3.63, 3.8) is 0 Å². The number of aryl methyl sites for hydroxylation is 1. The molecule has 6 heterocycles. The lowest BCUT2D eigenvalue weighted by atomic mass is 9.95. The Morgan fingerprint density at radius 2 is 1.54 bits per heavy atom. The number of carbonyl (C=O) groups is 4. The van der Waals surface area contributed by atoms with Gasteiger partial charge in [0.15, 0.2) is 0 Å². The monoisotopic (exact) mass is 1040 g/mol. The second-order valence-corrected chi connectivity index (χ2v) is 23.0. The number of nitrogens with zero attached hydrogens (tertiary/aromatic N) is 8. The van der Waals surface area contributed by atoms with E-state index in [1.165, 1.54) is 0 Å². The molecule has 6 aromatic rings. The molecule has 1 unspecified atom stereocenters. The molecule has 19 heteroatoms. The number of nitrogens with one attached hydrogen (secondary N) is 3. The summed E-state index contributed by atoms with van der Waals surface area (Å²) in [5, 5.41) is 14.3. The van der Waals surface area contributed by atoms with Gasteiger partial charge in [-0.15, -0.1) is 0 Å². The van der Waals surface area contributed by atoms with Crippen LogP contribution in [0.15, 0.2) is 102 Å². The van der Waals surface area contributed by atoms with E-state index >= 15 is 0 Å². The highest BCUT2D eigenvalue weighted by molar-refractivity contribution is 9.10. The van der Waals surface area contributed by atoms with Crippen LogP contribution >= 0.6 is 23.1 Å². The number of methoxy groups -OCH3 is 1. The van der Waals surface area contributed by atoms with E-state index in [0.717, 1.165) is 102 Å². The quantitative estimate of drug-likeness (QED) is 0.0763.